The number of halogens is 2. The minimum Gasteiger partial charge on any atom is -0.442 e. The molecule has 142 valence electrons. The fourth-order valence-electron chi connectivity index (χ4n) is 3.06. The van der Waals surface area contributed by atoms with Crippen molar-refractivity contribution in [2.75, 3.05) is 29.4 Å². The molecule has 1 N–H and O–H groups in total. The molecule has 27 heavy (non-hydrogen) atoms. The second kappa shape index (κ2) is 6.45. The summed E-state index contributed by atoms with van der Waals surface area (Å²) in [6, 6.07) is 2.12. The highest BCUT2D eigenvalue weighted by atomic mass is 32.2. The van der Waals surface area contributed by atoms with Crippen LogP contribution < -0.4 is 15.1 Å². The molecule has 0 aromatic heterocycles. The average Bonchev–Trinajstić information content (AvgIpc) is 3.08. The maximum atomic E-state index is 14.6. The van der Waals surface area contributed by atoms with Gasteiger partial charge in [0.25, 0.3) is 0 Å². The van der Waals surface area contributed by atoms with E-state index in [1.165, 1.54) is 18.0 Å². The minimum atomic E-state index is -1.17. The van der Waals surface area contributed by atoms with Crippen molar-refractivity contribution in [3.63, 3.8) is 0 Å². The van der Waals surface area contributed by atoms with Crippen molar-refractivity contribution in [2.24, 2.45) is 0 Å². The Balaban J connectivity index is 1.55. The molecule has 1 unspecified atom stereocenters. The first kappa shape index (κ1) is 17.7. The molecule has 0 bridgehead atoms. The van der Waals surface area contributed by atoms with Crippen molar-refractivity contribution in [3.05, 3.63) is 45.9 Å². The second-order valence-electron chi connectivity index (χ2n) is 6.29. The number of benzene rings is 1. The smallest absolute Gasteiger partial charge is 0.414 e. The third-order valence-corrected chi connectivity index (χ3v) is 5.71. The number of anilines is 2. The third kappa shape index (κ3) is 3.20. The topological polar surface area (TPSA) is 79.0 Å². The lowest BCUT2D eigenvalue weighted by Crippen LogP contribution is -2.33. The molecule has 7 nitrogen and oxygen atoms in total. The molecule has 3 heterocycles. The maximum Gasteiger partial charge on any atom is 0.414 e. The van der Waals surface area contributed by atoms with Crippen LogP contribution in [0.5, 0.6) is 0 Å². The molecule has 0 aliphatic carbocycles. The lowest BCUT2D eigenvalue weighted by atomic mass is 10.2. The number of nitrogens with zero attached hydrogens (tertiary/aromatic N) is 2. The molecule has 1 aromatic carbocycles. The first-order valence-electron chi connectivity index (χ1n) is 8.17. The Morgan fingerprint density at radius 1 is 1.33 bits per heavy atom. The van der Waals surface area contributed by atoms with Crippen LogP contribution in [0.2, 0.25) is 0 Å². The molecular formula is C17H15F2N3O4S. The first-order valence-corrected chi connectivity index (χ1v) is 9.32. The van der Waals surface area contributed by atoms with Crippen LogP contribution in [0.25, 0.3) is 0 Å². The van der Waals surface area contributed by atoms with Crippen LogP contribution in [-0.2, 0) is 20.3 Å². The van der Waals surface area contributed by atoms with Gasteiger partial charge < -0.3 is 15.0 Å². The highest BCUT2D eigenvalue weighted by Gasteiger charge is 2.38. The molecule has 0 saturated carbocycles. The molecule has 2 atom stereocenters. The van der Waals surface area contributed by atoms with Crippen molar-refractivity contribution in [1.82, 2.24) is 5.32 Å². The molecule has 2 amide bonds. The Bertz CT molecular complexity index is 923. The van der Waals surface area contributed by atoms with Gasteiger partial charge in [0.2, 0.25) is 5.91 Å². The predicted octanol–water partition coefficient (Wildman–Crippen LogP) is 1.73. The number of nitrogens with one attached hydrogen (secondary N) is 1. The number of carbonyl (C=O) groups excluding carboxylic acids is 2. The first-order chi connectivity index (χ1) is 12.8. The van der Waals surface area contributed by atoms with E-state index in [1.54, 1.807) is 6.08 Å². The fraction of sp³-hybridized carbons (Fsp3) is 0.294. The lowest BCUT2D eigenvalue weighted by molar-refractivity contribution is -0.119. The molecule has 10 heteroatoms. The number of ether oxygens (including phenoxy) is 1. The number of rotatable bonds is 4. The summed E-state index contributed by atoms with van der Waals surface area (Å²) in [5, 5.41) is 2.53. The number of hydrogen-bond donors (Lipinski definition) is 1. The van der Waals surface area contributed by atoms with E-state index in [-0.39, 0.29) is 36.9 Å². The summed E-state index contributed by atoms with van der Waals surface area (Å²) in [5.41, 5.74) is -0.243. The molecule has 4 rings (SSSR count). The van der Waals surface area contributed by atoms with Gasteiger partial charge in [0.15, 0.2) is 11.6 Å². The van der Waals surface area contributed by atoms with Gasteiger partial charge >= 0.3 is 6.09 Å². The molecular weight excluding hydrogens is 380 g/mol. The zero-order valence-corrected chi connectivity index (χ0v) is 15.0. The van der Waals surface area contributed by atoms with Gasteiger partial charge in [0.05, 0.1) is 39.4 Å². The zero-order chi connectivity index (χ0) is 19.3. The molecule has 0 spiro atoms. The molecule has 0 radical (unpaired) electrons. The quantitative estimate of drug-likeness (QED) is 0.786. The van der Waals surface area contributed by atoms with Gasteiger partial charge in [-0.05, 0) is 6.08 Å². The molecule has 3 aliphatic heterocycles. The van der Waals surface area contributed by atoms with Crippen LogP contribution in [0.3, 0.4) is 0 Å². The van der Waals surface area contributed by atoms with Gasteiger partial charge in [-0.25, -0.2) is 17.8 Å². The SMILES string of the molecule is CC(=O)NC[C@H]1CN(c2cc(F)c(N3C=C4C(=CC3)S4=O)c(F)c2)C(=O)O1. The molecule has 1 aromatic rings. The Labute approximate surface area is 155 Å². The molecule has 2 saturated heterocycles. The van der Waals surface area contributed by atoms with Crippen molar-refractivity contribution in [2.45, 2.75) is 13.0 Å². The van der Waals surface area contributed by atoms with Crippen molar-refractivity contribution in [1.29, 1.82) is 0 Å². The van der Waals surface area contributed by atoms with Gasteiger partial charge in [-0.3, -0.25) is 9.69 Å². The van der Waals surface area contributed by atoms with Crippen LogP contribution in [0.15, 0.2) is 34.2 Å². The summed E-state index contributed by atoms with van der Waals surface area (Å²) >= 11 is 0. The van der Waals surface area contributed by atoms with E-state index in [4.69, 9.17) is 4.74 Å². The second-order valence-corrected chi connectivity index (χ2v) is 7.71. The lowest BCUT2D eigenvalue weighted by Gasteiger charge is -2.22. The number of cyclic esters (lactones) is 1. The largest absolute Gasteiger partial charge is 0.442 e. The highest BCUT2D eigenvalue weighted by Crippen LogP contribution is 2.42. The van der Waals surface area contributed by atoms with Gasteiger partial charge in [-0.15, -0.1) is 0 Å². The number of amides is 2. The molecule has 2 fully saturated rings. The van der Waals surface area contributed by atoms with E-state index in [9.17, 15) is 22.6 Å². The van der Waals surface area contributed by atoms with Crippen LogP contribution in [0.1, 0.15) is 6.92 Å². The third-order valence-electron chi connectivity index (χ3n) is 4.40. The summed E-state index contributed by atoms with van der Waals surface area (Å²) in [5.74, 6) is -1.96. The minimum absolute atomic E-state index is 0.0277. The number of hydrogen-bond acceptors (Lipinski definition) is 5. The Kier molecular flexibility index (Phi) is 4.22. The van der Waals surface area contributed by atoms with E-state index >= 15 is 0 Å². The maximum absolute atomic E-state index is 14.6. The van der Waals surface area contributed by atoms with Crippen LogP contribution in [-0.4, -0.2) is 41.9 Å². The van der Waals surface area contributed by atoms with E-state index in [0.29, 0.717) is 9.81 Å². The zero-order valence-electron chi connectivity index (χ0n) is 14.2. The van der Waals surface area contributed by atoms with Gasteiger partial charge in [-0.2, -0.15) is 0 Å². The fourth-order valence-corrected chi connectivity index (χ4v) is 4.06. The predicted molar refractivity (Wildman–Crippen MR) is 94.3 cm³/mol. The van der Waals surface area contributed by atoms with Gasteiger partial charge in [0, 0.05) is 31.8 Å². The van der Waals surface area contributed by atoms with E-state index < -0.39 is 34.6 Å². The van der Waals surface area contributed by atoms with Crippen molar-refractivity contribution < 1.29 is 27.3 Å². The van der Waals surface area contributed by atoms with Gasteiger partial charge in [-0.1, -0.05) is 0 Å². The van der Waals surface area contributed by atoms with Crippen LogP contribution in [0, 0.1) is 11.6 Å². The number of carbonyl (C=O) groups is 2. The monoisotopic (exact) mass is 395 g/mol. The van der Waals surface area contributed by atoms with Crippen molar-refractivity contribution in [3.8, 4) is 0 Å². The summed E-state index contributed by atoms with van der Waals surface area (Å²) in [6.07, 6.45) is 1.80. The van der Waals surface area contributed by atoms with E-state index in [0.717, 1.165) is 17.0 Å². The Morgan fingerprint density at radius 2 is 2.04 bits per heavy atom. The molecule has 3 aliphatic rings. The van der Waals surface area contributed by atoms with Crippen LogP contribution in [0.4, 0.5) is 25.0 Å². The Hall–Kier alpha value is -2.75. The number of fused-ring (bicyclic) bond motifs is 1. The summed E-state index contributed by atoms with van der Waals surface area (Å²) < 4.78 is 45.9. The summed E-state index contributed by atoms with van der Waals surface area (Å²) in [4.78, 5) is 26.7. The highest BCUT2D eigenvalue weighted by molar-refractivity contribution is 8.02. The Morgan fingerprint density at radius 3 is 2.67 bits per heavy atom. The average molecular weight is 395 g/mol. The summed E-state index contributed by atoms with van der Waals surface area (Å²) in [6.45, 7) is 1.73. The van der Waals surface area contributed by atoms with E-state index in [2.05, 4.69) is 5.32 Å². The van der Waals surface area contributed by atoms with Gasteiger partial charge in [0.1, 0.15) is 11.8 Å². The van der Waals surface area contributed by atoms with E-state index in [1.807, 2.05) is 0 Å². The normalized spacial score (nSPS) is 23.4. The summed E-state index contributed by atoms with van der Waals surface area (Å²) in [7, 11) is -1.17. The van der Waals surface area contributed by atoms with Crippen LogP contribution >= 0.6 is 0 Å². The standard InChI is InChI=1S/C17H15F2N3O4S/c1-9(23)20-6-11-7-22(17(24)26-11)10-4-12(18)16(13(19)5-10)21-3-2-14-15(8-21)27(14)25/h2,4-5,8,11H,3,6-7H2,1H3,(H,20,23)/t11-,27?/m0/s1. The van der Waals surface area contributed by atoms with Crippen molar-refractivity contribution >= 4 is 34.2 Å².